The van der Waals surface area contributed by atoms with Crippen molar-refractivity contribution in [3.05, 3.63) is 11.6 Å². The molecule has 114 valence electrons. The SMILES string of the molecule is C[C@H]1C(=O)C=C2C13CC(OC3(C)O)[C@@]1(O)C(=O)OC[C@@]21C. The van der Waals surface area contributed by atoms with E-state index in [0.29, 0.717) is 5.57 Å². The second-order valence-electron chi connectivity index (χ2n) is 7.12. The summed E-state index contributed by atoms with van der Waals surface area (Å²) in [6.07, 6.45) is 0.828. The summed E-state index contributed by atoms with van der Waals surface area (Å²) in [7, 11) is 0. The second kappa shape index (κ2) is 3.24. The summed E-state index contributed by atoms with van der Waals surface area (Å²) in [5.41, 5.74) is -3.22. The zero-order chi connectivity index (χ0) is 15.4. The van der Waals surface area contributed by atoms with Crippen LogP contribution in [0.4, 0.5) is 0 Å². The molecule has 2 bridgehead atoms. The molecular formula is C15H18O6. The zero-order valence-electron chi connectivity index (χ0n) is 12.2. The fraction of sp³-hybridized carbons (Fsp3) is 0.733. The fourth-order valence-electron chi connectivity index (χ4n) is 5.03. The Labute approximate surface area is 121 Å². The lowest BCUT2D eigenvalue weighted by molar-refractivity contribution is -0.237. The number of hydrogen-bond donors (Lipinski definition) is 2. The smallest absolute Gasteiger partial charge is 0.342 e. The van der Waals surface area contributed by atoms with Crippen molar-refractivity contribution < 1.29 is 29.3 Å². The van der Waals surface area contributed by atoms with Gasteiger partial charge in [-0.1, -0.05) is 6.92 Å². The van der Waals surface area contributed by atoms with Gasteiger partial charge in [-0.05, 0) is 31.9 Å². The van der Waals surface area contributed by atoms with Crippen molar-refractivity contribution in [2.24, 2.45) is 16.7 Å². The van der Waals surface area contributed by atoms with E-state index in [2.05, 4.69) is 0 Å². The van der Waals surface area contributed by atoms with Crippen LogP contribution in [0, 0.1) is 16.7 Å². The molecule has 0 amide bonds. The highest BCUT2D eigenvalue weighted by Crippen LogP contribution is 2.71. The first-order valence-corrected chi connectivity index (χ1v) is 7.17. The van der Waals surface area contributed by atoms with Gasteiger partial charge in [-0.25, -0.2) is 4.79 Å². The van der Waals surface area contributed by atoms with Gasteiger partial charge in [0.05, 0.1) is 10.8 Å². The molecule has 3 unspecified atom stereocenters. The highest BCUT2D eigenvalue weighted by molar-refractivity contribution is 5.98. The molecule has 0 aromatic carbocycles. The summed E-state index contributed by atoms with van der Waals surface area (Å²) in [5.74, 6) is -2.91. The molecule has 2 aliphatic heterocycles. The van der Waals surface area contributed by atoms with Crippen LogP contribution in [0.25, 0.3) is 0 Å². The van der Waals surface area contributed by atoms with Gasteiger partial charge in [0.15, 0.2) is 11.6 Å². The topological polar surface area (TPSA) is 93.1 Å². The quantitative estimate of drug-likeness (QED) is 0.607. The number of esters is 1. The molecule has 0 radical (unpaired) electrons. The number of allylic oxidation sites excluding steroid dienone is 1. The number of carbonyl (C=O) groups is 2. The first-order chi connectivity index (χ1) is 9.61. The first kappa shape index (κ1) is 13.4. The van der Waals surface area contributed by atoms with E-state index in [9.17, 15) is 19.8 Å². The highest BCUT2D eigenvalue weighted by atomic mass is 16.7. The monoisotopic (exact) mass is 294 g/mol. The van der Waals surface area contributed by atoms with Gasteiger partial charge < -0.3 is 19.7 Å². The lowest BCUT2D eigenvalue weighted by atomic mass is 9.51. The average molecular weight is 294 g/mol. The van der Waals surface area contributed by atoms with Crippen molar-refractivity contribution in [1.29, 1.82) is 0 Å². The summed E-state index contributed by atoms with van der Waals surface area (Å²) >= 11 is 0. The number of ketones is 1. The summed E-state index contributed by atoms with van der Waals surface area (Å²) in [6, 6.07) is 0. The Morgan fingerprint density at radius 3 is 2.62 bits per heavy atom. The summed E-state index contributed by atoms with van der Waals surface area (Å²) in [4.78, 5) is 24.4. The maximum absolute atomic E-state index is 12.3. The van der Waals surface area contributed by atoms with E-state index in [-0.39, 0.29) is 18.8 Å². The molecule has 0 aromatic rings. The van der Waals surface area contributed by atoms with Gasteiger partial charge in [0.1, 0.15) is 12.7 Å². The number of fused-ring (bicyclic) bond motifs is 4. The predicted octanol–water partition coefficient (Wildman–Crippen LogP) is -0.0768. The molecule has 2 saturated heterocycles. The van der Waals surface area contributed by atoms with Crippen molar-refractivity contribution in [2.75, 3.05) is 6.61 Å². The van der Waals surface area contributed by atoms with Crippen LogP contribution in [0.3, 0.4) is 0 Å². The van der Waals surface area contributed by atoms with Gasteiger partial charge in [0.25, 0.3) is 0 Å². The zero-order valence-corrected chi connectivity index (χ0v) is 12.2. The van der Waals surface area contributed by atoms with E-state index in [4.69, 9.17) is 9.47 Å². The van der Waals surface area contributed by atoms with Gasteiger partial charge in [-0.15, -0.1) is 0 Å². The van der Waals surface area contributed by atoms with Crippen LogP contribution < -0.4 is 0 Å². The van der Waals surface area contributed by atoms with Crippen LogP contribution in [0.2, 0.25) is 0 Å². The molecule has 1 saturated carbocycles. The van der Waals surface area contributed by atoms with E-state index < -0.39 is 40.2 Å². The van der Waals surface area contributed by atoms with Gasteiger partial charge >= 0.3 is 5.97 Å². The van der Waals surface area contributed by atoms with Crippen LogP contribution in [0.5, 0.6) is 0 Å². The molecular weight excluding hydrogens is 276 g/mol. The van der Waals surface area contributed by atoms with Crippen molar-refractivity contribution in [1.82, 2.24) is 0 Å². The Balaban J connectivity index is 2.04. The minimum Gasteiger partial charge on any atom is -0.462 e. The van der Waals surface area contributed by atoms with Crippen molar-refractivity contribution in [2.45, 2.75) is 44.7 Å². The highest BCUT2D eigenvalue weighted by Gasteiger charge is 2.81. The van der Waals surface area contributed by atoms with Gasteiger partial charge in [-0.2, -0.15) is 0 Å². The molecule has 3 fully saturated rings. The van der Waals surface area contributed by atoms with E-state index in [1.807, 2.05) is 0 Å². The van der Waals surface area contributed by atoms with Gasteiger partial charge in [0, 0.05) is 5.92 Å². The van der Waals surface area contributed by atoms with Crippen molar-refractivity contribution >= 4 is 11.8 Å². The molecule has 2 heterocycles. The molecule has 2 aliphatic carbocycles. The predicted molar refractivity (Wildman–Crippen MR) is 68.8 cm³/mol. The Bertz CT molecular complexity index is 622. The molecule has 21 heavy (non-hydrogen) atoms. The number of ether oxygens (including phenoxy) is 2. The number of cyclic esters (lactones) is 1. The Kier molecular flexibility index (Phi) is 2.07. The lowest BCUT2D eigenvalue weighted by Gasteiger charge is -2.49. The second-order valence-corrected chi connectivity index (χ2v) is 7.12. The van der Waals surface area contributed by atoms with E-state index >= 15 is 0 Å². The number of rotatable bonds is 0. The molecule has 0 aromatic heterocycles. The largest absolute Gasteiger partial charge is 0.462 e. The Hall–Kier alpha value is -1.24. The van der Waals surface area contributed by atoms with Gasteiger partial charge in [-0.3, -0.25) is 4.79 Å². The Morgan fingerprint density at radius 2 is 1.95 bits per heavy atom. The molecule has 6 heteroatoms. The number of carbonyl (C=O) groups excluding carboxylic acids is 2. The third-order valence-electron chi connectivity index (χ3n) is 6.34. The van der Waals surface area contributed by atoms with Crippen LogP contribution in [-0.4, -0.2) is 46.1 Å². The number of hydrogen-bond acceptors (Lipinski definition) is 6. The third-order valence-corrected chi connectivity index (χ3v) is 6.34. The summed E-state index contributed by atoms with van der Waals surface area (Å²) < 4.78 is 10.8. The molecule has 2 N–H and O–H groups in total. The molecule has 6 atom stereocenters. The minimum absolute atomic E-state index is 0.00808. The van der Waals surface area contributed by atoms with Crippen LogP contribution in [0.1, 0.15) is 27.2 Å². The summed E-state index contributed by atoms with van der Waals surface area (Å²) in [6.45, 7) is 4.97. The van der Waals surface area contributed by atoms with Crippen molar-refractivity contribution in [3.63, 3.8) is 0 Å². The molecule has 4 aliphatic rings. The maximum Gasteiger partial charge on any atom is 0.342 e. The fourth-order valence-corrected chi connectivity index (χ4v) is 5.03. The van der Waals surface area contributed by atoms with Crippen molar-refractivity contribution in [3.8, 4) is 0 Å². The van der Waals surface area contributed by atoms with E-state index in [0.717, 1.165) is 0 Å². The molecule has 4 rings (SSSR count). The summed E-state index contributed by atoms with van der Waals surface area (Å²) in [5, 5.41) is 21.8. The van der Waals surface area contributed by atoms with Crippen LogP contribution in [-0.2, 0) is 19.1 Å². The van der Waals surface area contributed by atoms with Gasteiger partial charge in [0.2, 0.25) is 5.60 Å². The third kappa shape index (κ3) is 1.05. The average Bonchev–Trinajstić information content (AvgIpc) is 2.92. The number of aliphatic hydroxyl groups is 2. The standard InChI is InChI=1S/C15H18O6/c1-7-8(16)4-9-12(2)6-20-11(17)15(12,19)10-5-14(7,9)13(3,18)21-10/h4,7,10,18-19H,5-6H2,1-3H3/t7-,10?,12-,13?,14?,15+/m0/s1. The first-order valence-electron chi connectivity index (χ1n) is 7.17. The van der Waals surface area contributed by atoms with Crippen LogP contribution >= 0.6 is 0 Å². The van der Waals surface area contributed by atoms with Crippen LogP contribution in [0.15, 0.2) is 11.6 Å². The Morgan fingerprint density at radius 1 is 1.29 bits per heavy atom. The normalized spacial score (nSPS) is 57.9. The maximum atomic E-state index is 12.3. The molecule has 6 nitrogen and oxygen atoms in total. The van der Waals surface area contributed by atoms with E-state index in [1.165, 1.54) is 13.0 Å². The van der Waals surface area contributed by atoms with E-state index in [1.54, 1.807) is 13.8 Å². The molecule has 1 spiro atoms. The lowest BCUT2D eigenvalue weighted by Crippen LogP contribution is -2.62. The minimum atomic E-state index is -1.85.